The number of halogens is 2. The Hall–Kier alpha value is -2.17. The molecule has 4 aliphatic rings. The largest absolute Gasteiger partial charge is 0.393 e. The topological polar surface area (TPSA) is 122 Å². The zero-order chi connectivity index (χ0) is 34.5. The Kier molecular flexibility index (Phi) is 13.6. The van der Waals surface area contributed by atoms with Gasteiger partial charge in [-0.15, -0.1) is 0 Å². The van der Waals surface area contributed by atoms with Crippen LogP contribution in [0.25, 0.3) is 0 Å². The van der Waals surface area contributed by atoms with Crippen LogP contribution in [0.4, 0.5) is 0 Å². The zero-order valence-electron chi connectivity index (χ0n) is 28.0. The van der Waals surface area contributed by atoms with Crippen molar-refractivity contribution in [1.29, 1.82) is 0 Å². The van der Waals surface area contributed by atoms with E-state index in [4.69, 9.17) is 28.8 Å². The lowest BCUT2D eigenvalue weighted by atomic mass is 10.0. The van der Waals surface area contributed by atoms with Gasteiger partial charge in [-0.25, -0.2) is 0 Å². The molecule has 0 aromatic heterocycles. The number of hydrogen-bond donors (Lipinski definition) is 3. The van der Waals surface area contributed by atoms with E-state index in [9.17, 15) is 23.1 Å². The summed E-state index contributed by atoms with van der Waals surface area (Å²) in [7, 11) is -3.39. The Balaban J connectivity index is 0.000000239. The molecule has 4 saturated carbocycles. The van der Waals surface area contributed by atoms with Crippen molar-refractivity contribution in [2.24, 2.45) is 35.5 Å². The van der Waals surface area contributed by atoms with Crippen LogP contribution in [0.3, 0.4) is 0 Å². The van der Waals surface area contributed by atoms with E-state index in [1.807, 2.05) is 0 Å². The zero-order valence-corrected chi connectivity index (χ0v) is 29.3. The van der Waals surface area contributed by atoms with E-state index in [-0.39, 0.29) is 43.5 Å². The molecule has 0 heterocycles. The molecule has 2 aromatic rings. The number of rotatable bonds is 10. The van der Waals surface area contributed by atoms with Gasteiger partial charge < -0.3 is 15.7 Å². The summed E-state index contributed by atoms with van der Waals surface area (Å²) in [5, 5.41) is 17.1. The van der Waals surface area contributed by atoms with Crippen molar-refractivity contribution in [3.63, 3.8) is 0 Å². The van der Waals surface area contributed by atoms with Crippen molar-refractivity contribution in [3.05, 3.63) is 69.7 Å². The van der Waals surface area contributed by atoms with Gasteiger partial charge in [-0.1, -0.05) is 58.3 Å². The second-order valence-electron chi connectivity index (χ2n) is 12.8. The third-order valence-corrected chi connectivity index (χ3v) is 11.0. The van der Waals surface area contributed by atoms with E-state index in [0.29, 0.717) is 63.6 Å². The van der Waals surface area contributed by atoms with E-state index in [1.165, 1.54) is 0 Å². The summed E-state index contributed by atoms with van der Waals surface area (Å²) in [4.78, 5) is 24.6. The molecule has 6 unspecified atom stereocenters. The smallest absolute Gasteiger partial charge is 0.264 e. The maximum Gasteiger partial charge on any atom is 0.264 e. The van der Waals surface area contributed by atoms with Gasteiger partial charge in [-0.05, 0) is 123 Å². The van der Waals surface area contributed by atoms with Gasteiger partial charge in [0.05, 0.1) is 18.5 Å². The Morgan fingerprint density at radius 1 is 0.830 bits per heavy atom. The molecule has 4 fully saturated rings. The van der Waals surface area contributed by atoms with Crippen molar-refractivity contribution in [2.45, 2.75) is 97.9 Å². The molecule has 2 amide bonds. The first-order chi connectivity index (χ1) is 22.3. The van der Waals surface area contributed by atoms with Crippen LogP contribution in [0.5, 0.6) is 0 Å². The van der Waals surface area contributed by atoms with Gasteiger partial charge in [-0.3, -0.25) is 13.8 Å². The average molecular weight is 713 g/mol. The van der Waals surface area contributed by atoms with Crippen LogP contribution in [0.15, 0.2) is 48.5 Å². The molecule has 11 heteroatoms. The molecule has 0 spiro atoms. The molecule has 10 atom stereocenters. The van der Waals surface area contributed by atoms with Crippen LogP contribution in [0.2, 0.25) is 10.0 Å². The Morgan fingerprint density at radius 3 is 1.49 bits per heavy atom. The van der Waals surface area contributed by atoms with Crippen molar-refractivity contribution in [3.8, 4) is 0 Å². The standard InChI is InChI=1S/C17H22ClNO4S.C16H20ClNO2.C2H6.CH4/c1-3-15(19-17(20)10-4-6-11(18)7-5-10)16-13-8-12(9-14(13)16)23-24(2,21)22;1-2-14(15-12-7-11(19)8-13(12)15)18-16(20)9-3-5-10(17)6-4-9;1-2;/h4-7,12-16H,3,8-9H2,1-2H3,(H,19,20);3-6,11-15,19H,2,7-8H2,1H3,(H,18,20);1-2H3;1H4/t12?,13-,14+,15?,16?;11?,12-,13+,14?,15?;;/i;;1D;. The maximum absolute atomic E-state index is 12.4. The maximum atomic E-state index is 12.4. The molecule has 3 N–H and O–H groups in total. The molecule has 2 aromatic carbocycles. The molecular weight excluding hydrogens is 659 g/mol. The van der Waals surface area contributed by atoms with Crippen LogP contribution in [-0.4, -0.2) is 55.9 Å². The first-order valence-corrected chi connectivity index (χ1v) is 18.9. The number of fused-ring (bicyclic) bond motifs is 2. The third-order valence-electron chi connectivity index (χ3n) is 9.92. The first-order valence-electron chi connectivity index (χ1n) is 17.0. The SMILES string of the molecule is C.CCC(NC(=O)c1ccc(Cl)cc1)C1[C@H]2CC(O)C[C@@H]12.CCC(NC(=O)c1ccc(Cl)cc1)C1[C@H]2CC(OS(C)(=O)=O)C[C@@H]12.[2H]CC. The molecule has 6 rings (SSSR count). The fourth-order valence-corrected chi connectivity index (χ4v) is 8.77. The van der Waals surface area contributed by atoms with E-state index < -0.39 is 10.1 Å². The van der Waals surface area contributed by atoms with Crippen LogP contribution < -0.4 is 10.6 Å². The van der Waals surface area contributed by atoms with Gasteiger partial charge in [0.1, 0.15) is 0 Å². The van der Waals surface area contributed by atoms with Crippen LogP contribution in [0.1, 0.15) is 95.7 Å². The quantitative estimate of drug-likeness (QED) is 0.221. The second-order valence-corrected chi connectivity index (χ2v) is 15.3. The highest BCUT2D eigenvalue weighted by Crippen LogP contribution is 2.60. The molecule has 0 radical (unpaired) electrons. The van der Waals surface area contributed by atoms with E-state index in [0.717, 1.165) is 44.8 Å². The monoisotopic (exact) mass is 711 g/mol. The van der Waals surface area contributed by atoms with Crippen LogP contribution in [0, 0.1) is 35.5 Å². The van der Waals surface area contributed by atoms with Crippen molar-refractivity contribution >= 4 is 45.1 Å². The summed E-state index contributed by atoms with van der Waals surface area (Å²) >= 11 is 11.7. The minimum absolute atomic E-state index is 0. The van der Waals surface area contributed by atoms with Crippen LogP contribution in [-0.2, 0) is 14.3 Å². The first kappa shape index (κ1) is 37.6. The lowest BCUT2D eigenvalue weighted by Gasteiger charge is -2.21. The number of hydrogen-bond acceptors (Lipinski definition) is 6. The predicted molar refractivity (Wildman–Crippen MR) is 189 cm³/mol. The van der Waals surface area contributed by atoms with E-state index in [1.54, 1.807) is 55.5 Å². The molecule has 262 valence electrons. The number of aliphatic hydroxyl groups is 1. The molecule has 8 nitrogen and oxygen atoms in total. The van der Waals surface area contributed by atoms with Gasteiger partial charge in [0.2, 0.25) is 0 Å². The molecular formula is C36H52Cl2N2O6S. The number of carbonyl (C=O) groups is 2. The highest BCUT2D eigenvalue weighted by atomic mass is 35.5. The van der Waals surface area contributed by atoms with Crippen LogP contribution >= 0.6 is 23.2 Å². The Bertz CT molecular complexity index is 1440. The predicted octanol–water partition coefficient (Wildman–Crippen LogP) is 7.38. The summed E-state index contributed by atoms with van der Waals surface area (Å²) in [5.74, 6) is 2.98. The Morgan fingerprint density at radius 2 is 1.17 bits per heavy atom. The van der Waals surface area contributed by atoms with Crippen molar-refractivity contribution in [2.75, 3.05) is 6.26 Å². The van der Waals surface area contributed by atoms with Gasteiger partial charge >= 0.3 is 0 Å². The van der Waals surface area contributed by atoms with E-state index >= 15 is 0 Å². The van der Waals surface area contributed by atoms with Gasteiger partial charge in [0, 0.05) is 34.6 Å². The Labute approximate surface area is 292 Å². The number of benzene rings is 2. The van der Waals surface area contributed by atoms with Gasteiger partial charge in [0.15, 0.2) is 0 Å². The van der Waals surface area contributed by atoms with Gasteiger partial charge in [0.25, 0.3) is 21.9 Å². The number of amides is 2. The minimum Gasteiger partial charge on any atom is -0.393 e. The normalized spacial score (nSPS) is 29.5. The van der Waals surface area contributed by atoms with Crippen molar-refractivity contribution < 1.29 is 28.7 Å². The molecule has 0 bridgehead atoms. The molecule has 0 saturated heterocycles. The number of carbonyl (C=O) groups excluding carboxylic acids is 2. The summed E-state index contributed by atoms with van der Waals surface area (Å²) in [6.45, 7) is 6.46. The number of nitrogens with one attached hydrogen (secondary N) is 2. The summed E-state index contributed by atoms with van der Waals surface area (Å²) in [5.41, 5.74) is 1.25. The molecule has 4 aliphatic carbocycles. The fraction of sp³-hybridized carbons (Fsp3) is 0.611. The van der Waals surface area contributed by atoms with E-state index in [2.05, 4.69) is 24.5 Å². The average Bonchev–Trinajstić information content (AvgIpc) is 3.73. The molecule has 0 aliphatic heterocycles. The highest BCUT2D eigenvalue weighted by Gasteiger charge is 2.60. The fourth-order valence-electron chi connectivity index (χ4n) is 7.87. The third kappa shape index (κ3) is 10.2. The lowest BCUT2D eigenvalue weighted by molar-refractivity contribution is 0.0914. The van der Waals surface area contributed by atoms with Gasteiger partial charge in [-0.2, -0.15) is 8.42 Å². The second kappa shape index (κ2) is 17.0. The summed E-state index contributed by atoms with van der Waals surface area (Å²) in [6.07, 6.45) is 5.90. The minimum atomic E-state index is -3.39. The number of aliphatic hydroxyl groups excluding tert-OH is 1. The lowest BCUT2D eigenvalue weighted by Crippen LogP contribution is -2.37. The molecule has 47 heavy (non-hydrogen) atoms. The van der Waals surface area contributed by atoms with Crippen molar-refractivity contribution in [1.82, 2.24) is 10.6 Å². The highest BCUT2D eigenvalue weighted by molar-refractivity contribution is 7.86. The summed E-state index contributed by atoms with van der Waals surface area (Å²) < 4.78 is 33.7. The summed E-state index contributed by atoms with van der Waals surface area (Å²) in [6, 6.07) is 14.2.